The number of amidine groups is 1. The number of hydrogen-bond acceptors (Lipinski definition) is 7. The zero-order valence-corrected chi connectivity index (χ0v) is 27.7. The van der Waals surface area contributed by atoms with E-state index >= 15 is 0 Å². The molecule has 1 heterocycles. The van der Waals surface area contributed by atoms with Gasteiger partial charge in [0.1, 0.15) is 24.0 Å². The zero-order valence-electron chi connectivity index (χ0n) is 27.7. The van der Waals surface area contributed by atoms with Crippen molar-refractivity contribution in [3.05, 3.63) is 71.3 Å². The number of alkyl carbamates (subject to hydrolysis) is 1. The Kier molecular flexibility index (Phi) is 9.37. The number of nitrogens with two attached hydrogens (primary N) is 1. The maximum absolute atomic E-state index is 14.0. The van der Waals surface area contributed by atoms with E-state index in [1.807, 2.05) is 30.3 Å². The minimum absolute atomic E-state index is 0.0593. The van der Waals surface area contributed by atoms with Crippen LogP contribution in [0.3, 0.4) is 0 Å². The van der Waals surface area contributed by atoms with Crippen molar-refractivity contribution in [3.63, 3.8) is 0 Å². The van der Waals surface area contributed by atoms with Crippen molar-refractivity contribution in [1.82, 2.24) is 20.4 Å². The van der Waals surface area contributed by atoms with Gasteiger partial charge in [0.2, 0.25) is 5.91 Å². The highest BCUT2D eigenvalue weighted by atomic mass is 16.5. The quantitative estimate of drug-likeness (QED) is 0.128. The SMILES string of the molecule is CC1(c2ccc(C(=N)N)cc2)C(=O)N(CC(=O)NC[C@H](NC(=O)OCC23CCCC4CC(CC4C2)C3)C(=O)O)C(=O)N1Cc1ccccc1. The van der Waals surface area contributed by atoms with Crippen molar-refractivity contribution in [2.24, 2.45) is 28.9 Å². The Morgan fingerprint density at radius 2 is 1.78 bits per heavy atom. The number of benzene rings is 2. The van der Waals surface area contributed by atoms with Crippen LogP contribution in [-0.2, 0) is 31.2 Å². The monoisotopic (exact) mass is 672 g/mol. The smallest absolute Gasteiger partial charge is 0.407 e. The van der Waals surface area contributed by atoms with E-state index in [1.165, 1.54) is 24.2 Å². The fraction of sp³-hybridized carbons (Fsp3) is 0.500. The molecule has 3 saturated carbocycles. The molecule has 5 unspecified atom stereocenters. The van der Waals surface area contributed by atoms with Crippen LogP contribution in [0.25, 0.3) is 0 Å². The molecule has 6 N–H and O–H groups in total. The molecule has 0 aromatic heterocycles. The van der Waals surface area contributed by atoms with Crippen molar-refractivity contribution in [1.29, 1.82) is 5.41 Å². The standard InChI is InChI=1S/C36H44N6O7/c1-35(27-11-9-24(10-12-27)30(37)38)32(46)41(34(48)42(35)19-22-6-3-2-4-7-22)20-29(43)39-18-28(31(44)45)40-33(47)49-21-36-13-5-8-25-14-23(16-36)15-26(25)17-36/h2-4,6-7,9-12,23,25-26,28H,5,8,13-21H2,1H3,(H3,37,38)(H,39,43)(H,40,47)(H,44,45)/t23?,25?,26?,28-,35?,36?/m0/s1. The lowest BCUT2D eigenvalue weighted by Gasteiger charge is -2.39. The van der Waals surface area contributed by atoms with Crippen LogP contribution in [-0.4, -0.2) is 76.4 Å². The Labute approximate surface area is 285 Å². The first-order valence-corrected chi connectivity index (χ1v) is 16.9. The van der Waals surface area contributed by atoms with E-state index < -0.39 is 54.6 Å². The molecule has 6 rings (SSSR count). The molecule has 13 heteroatoms. The maximum atomic E-state index is 14.0. The molecular weight excluding hydrogens is 628 g/mol. The van der Waals surface area contributed by atoms with Gasteiger partial charge in [-0.2, -0.15) is 0 Å². The number of fused-ring (bicyclic) bond motifs is 2. The number of nitrogen functional groups attached to an aromatic ring is 1. The minimum atomic E-state index is -1.49. The lowest BCUT2D eigenvalue weighted by molar-refractivity contribution is -0.140. The van der Waals surface area contributed by atoms with Gasteiger partial charge in [0.25, 0.3) is 5.91 Å². The van der Waals surface area contributed by atoms with Crippen LogP contribution in [0.5, 0.6) is 0 Å². The maximum Gasteiger partial charge on any atom is 0.407 e. The highest BCUT2D eigenvalue weighted by Gasteiger charge is 2.55. The number of carbonyl (C=O) groups excluding carboxylic acids is 4. The van der Waals surface area contributed by atoms with Gasteiger partial charge in [0.15, 0.2) is 0 Å². The van der Waals surface area contributed by atoms with Crippen LogP contribution >= 0.6 is 0 Å². The first-order valence-electron chi connectivity index (χ1n) is 16.9. The van der Waals surface area contributed by atoms with Crippen LogP contribution in [0.2, 0.25) is 0 Å². The van der Waals surface area contributed by atoms with Gasteiger partial charge in [0.05, 0.1) is 6.61 Å². The molecule has 0 spiro atoms. The molecule has 49 heavy (non-hydrogen) atoms. The summed E-state index contributed by atoms with van der Waals surface area (Å²) in [5, 5.41) is 22.3. The number of imide groups is 1. The predicted octanol–water partition coefficient (Wildman–Crippen LogP) is 3.55. The molecule has 4 aliphatic rings. The molecular formula is C36H44N6O7. The number of carbonyl (C=O) groups is 5. The molecule has 1 aliphatic heterocycles. The molecule has 2 aromatic rings. The lowest BCUT2D eigenvalue weighted by atomic mass is 9.68. The number of nitrogens with one attached hydrogen (secondary N) is 3. The van der Waals surface area contributed by atoms with Gasteiger partial charge >= 0.3 is 18.1 Å². The molecule has 3 aliphatic carbocycles. The average molecular weight is 673 g/mol. The number of carboxylic acid groups (broad SMARTS) is 1. The molecule has 2 aromatic carbocycles. The topological polar surface area (TPSA) is 195 Å². The second kappa shape index (κ2) is 13.5. The van der Waals surface area contributed by atoms with Crippen LogP contribution < -0.4 is 16.4 Å². The van der Waals surface area contributed by atoms with Crippen LogP contribution in [0.15, 0.2) is 54.6 Å². The highest BCUT2D eigenvalue weighted by Crippen LogP contribution is 2.58. The number of nitrogens with zero attached hydrogens (tertiary/aromatic N) is 2. The second-order valence-electron chi connectivity index (χ2n) is 14.4. The Morgan fingerprint density at radius 3 is 2.47 bits per heavy atom. The van der Waals surface area contributed by atoms with Gasteiger partial charge in [-0.25, -0.2) is 14.4 Å². The summed E-state index contributed by atoms with van der Waals surface area (Å²) in [5.74, 6) is -0.811. The molecule has 5 amide bonds. The molecule has 0 radical (unpaired) electrons. The fourth-order valence-corrected chi connectivity index (χ4v) is 8.70. The van der Waals surface area contributed by atoms with Gasteiger partial charge in [-0.1, -0.05) is 67.4 Å². The van der Waals surface area contributed by atoms with Gasteiger partial charge < -0.3 is 31.1 Å². The summed E-state index contributed by atoms with van der Waals surface area (Å²) >= 11 is 0. The predicted molar refractivity (Wildman–Crippen MR) is 178 cm³/mol. The molecule has 3 bridgehead atoms. The molecule has 260 valence electrons. The third kappa shape index (κ3) is 6.83. The summed E-state index contributed by atoms with van der Waals surface area (Å²) in [5.41, 5.74) is 5.73. The summed E-state index contributed by atoms with van der Waals surface area (Å²) in [6.45, 7) is 0.773. The molecule has 13 nitrogen and oxygen atoms in total. The number of aliphatic carboxylic acids is 1. The normalized spacial score (nSPS) is 27.8. The summed E-state index contributed by atoms with van der Waals surface area (Å²) in [7, 11) is 0. The molecule has 4 fully saturated rings. The van der Waals surface area contributed by atoms with Crippen molar-refractivity contribution < 1.29 is 33.8 Å². The number of urea groups is 1. The number of hydrogen-bond donors (Lipinski definition) is 5. The number of carboxylic acids is 1. The van der Waals surface area contributed by atoms with E-state index in [9.17, 15) is 29.1 Å². The summed E-state index contributed by atoms with van der Waals surface area (Å²) in [4.78, 5) is 67.8. The molecule has 6 atom stereocenters. The van der Waals surface area contributed by atoms with Crippen LogP contribution in [0.4, 0.5) is 9.59 Å². The minimum Gasteiger partial charge on any atom is -0.480 e. The van der Waals surface area contributed by atoms with E-state index in [4.69, 9.17) is 15.9 Å². The number of amides is 5. The van der Waals surface area contributed by atoms with E-state index in [0.29, 0.717) is 23.0 Å². The zero-order chi connectivity index (χ0) is 34.9. The van der Waals surface area contributed by atoms with Crippen molar-refractivity contribution in [3.8, 4) is 0 Å². The van der Waals surface area contributed by atoms with E-state index in [2.05, 4.69) is 10.6 Å². The largest absolute Gasteiger partial charge is 0.480 e. The second-order valence-corrected chi connectivity index (χ2v) is 14.4. The van der Waals surface area contributed by atoms with E-state index in [1.54, 1.807) is 31.2 Å². The summed E-state index contributed by atoms with van der Waals surface area (Å²) in [6.07, 6.45) is 7.07. The third-order valence-corrected chi connectivity index (χ3v) is 11.1. The summed E-state index contributed by atoms with van der Waals surface area (Å²) < 4.78 is 5.60. The third-order valence-electron chi connectivity index (χ3n) is 11.1. The Bertz CT molecular complexity index is 1630. The van der Waals surface area contributed by atoms with Crippen LogP contribution in [0.1, 0.15) is 68.6 Å². The highest BCUT2D eigenvalue weighted by molar-refractivity contribution is 6.09. The number of rotatable bonds is 12. The Morgan fingerprint density at radius 1 is 1.06 bits per heavy atom. The first kappa shape index (κ1) is 33.9. The van der Waals surface area contributed by atoms with Gasteiger partial charge in [-0.15, -0.1) is 0 Å². The lowest BCUT2D eigenvalue weighted by Crippen LogP contribution is -2.51. The van der Waals surface area contributed by atoms with Crippen molar-refractivity contribution >= 4 is 35.7 Å². The van der Waals surface area contributed by atoms with Crippen molar-refractivity contribution in [2.45, 2.75) is 70.0 Å². The van der Waals surface area contributed by atoms with Gasteiger partial charge in [-0.05, 0) is 67.9 Å². The first-order chi connectivity index (χ1) is 23.4. The van der Waals surface area contributed by atoms with Crippen LogP contribution in [0, 0.1) is 28.6 Å². The molecule has 1 saturated heterocycles. The van der Waals surface area contributed by atoms with Gasteiger partial charge in [-0.3, -0.25) is 19.9 Å². The van der Waals surface area contributed by atoms with E-state index in [-0.39, 0.29) is 24.4 Å². The van der Waals surface area contributed by atoms with Gasteiger partial charge in [0, 0.05) is 24.1 Å². The number of ether oxygens (including phenoxy) is 1. The fourth-order valence-electron chi connectivity index (χ4n) is 8.70. The summed E-state index contributed by atoms with van der Waals surface area (Å²) in [6, 6.07) is 13.3. The van der Waals surface area contributed by atoms with Crippen molar-refractivity contribution in [2.75, 3.05) is 19.7 Å². The van der Waals surface area contributed by atoms with E-state index in [0.717, 1.165) is 42.1 Å². The average Bonchev–Trinajstić information content (AvgIpc) is 3.41. The Hall–Kier alpha value is -4.94. The Balaban J connectivity index is 1.09.